The molecular formula is C7H11N3O2. The Hall–Kier alpha value is -1.39. The third-order valence-corrected chi connectivity index (χ3v) is 1.23. The predicted octanol–water partition coefficient (Wildman–Crippen LogP) is 0.455. The third kappa shape index (κ3) is 2.34. The molecular weight excluding hydrogens is 158 g/mol. The molecule has 1 aromatic rings. The van der Waals surface area contributed by atoms with Gasteiger partial charge in [0, 0.05) is 6.54 Å². The third-order valence-electron chi connectivity index (χ3n) is 1.23. The van der Waals surface area contributed by atoms with Gasteiger partial charge in [0.25, 0.3) is 0 Å². The summed E-state index contributed by atoms with van der Waals surface area (Å²) < 4.78 is 4.69. The summed E-state index contributed by atoms with van der Waals surface area (Å²) in [5.74, 6) is 0.105. The first-order chi connectivity index (χ1) is 5.70. The molecule has 1 aromatic heterocycles. The number of nitrogens with one attached hydrogen (secondary N) is 1. The van der Waals surface area contributed by atoms with Crippen LogP contribution in [0.5, 0.6) is 0 Å². The first kappa shape index (κ1) is 8.70. The van der Waals surface area contributed by atoms with Crippen LogP contribution in [0.2, 0.25) is 0 Å². The molecule has 0 unspecified atom stereocenters. The maximum Gasteiger partial charge on any atom is 0.308 e. The summed E-state index contributed by atoms with van der Waals surface area (Å²) in [5, 5.41) is 9.51. The normalized spacial score (nSPS) is 10.2. The van der Waals surface area contributed by atoms with Crippen molar-refractivity contribution in [2.45, 2.75) is 13.8 Å². The highest BCUT2D eigenvalue weighted by Crippen LogP contribution is 1.92. The highest BCUT2D eigenvalue weighted by atomic mass is 16.4. The average Bonchev–Trinajstić information content (AvgIpc) is 2.51. The summed E-state index contributed by atoms with van der Waals surface area (Å²) in [7, 11) is 0. The summed E-state index contributed by atoms with van der Waals surface area (Å²) >= 11 is 0. The van der Waals surface area contributed by atoms with Crippen molar-refractivity contribution in [2.24, 2.45) is 5.92 Å². The molecule has 0 aliphatic carbocycles. The second-order valence-electron chi connectivity index (χ2n) is 2.85. The topological polar surface area (TPSA) is 68.0 Å². The van der Waals surface area contributed by atoms with Crippen LogP contribution < -0.4 is 5.32 Å². The van der Waals surface area contributed by atoms with Crippen LogP contribution in [0.25, 0.3) is 0 Å². The van der Waals surface area contributed by atoms with E-state index in [1.54, 1.807) is 0 Å². The Morgan fingerprint density at radius 1 is 1.75 bits per heavy atom. The van der Waals surface area contributed by atoms with Crippen molar-refractivity contribution in [3.05, 3.63) is 12.3 Å². The zero-order valence-electron chi connectivity index (χ0n) is 7.07. The van der Waals surface area contributed by atoms with Crippen molar-refractivity contribution < 1.29 is 9.21 Å². The second kappa shape index (κ2) is 3.85. The molecule has 0 saturated carbocycles. The van der Waals surface area contributed by atoms with Crippen molar-refractivity contribution >= 4 is 5.91 Å². The molecule has 5 nitrogen and oxygen atoms in total. The van der Waals surface area contributed by atoms with Gasteiger partial charge < -0.3 is 9.73 Å². The highest BCUT2D eigenvalue weighted by Gasteiger charge is 2.10. The lowest BCUT2D eigenvalue weighted by Crippen LogP contribution is -2.27. The molecule has 0 aliphatic heterocycles. The van der Waals surface area contributed by atoms with Gasteiger partial charge in [0.15, 0.2) is 0 Å². The number of carbonyl (C=O) groups excluding carboxylic acids is 1. The first-order valence-corrected chi connectivity index (χ1v) is 3.74. The minimum absolute atomic E-state index is 0.00986. The quantitative estimate of drug-likeness (QED) is 0.713. The van der Waals surface area contributed by atoms with Crippen LogP contribution in [-0.2, 0) is 0 Å². The van der Waals surface area contributed by atoms with Gasteiger partial charge in [-0.3, -0.25) is 4.79 Å². The molecule has 12 heavy (non-hydrogen) atoms. The van der Waals surface area contributed by atoms with Gasteiger partial charge in [-0.2, -0.15) is 0 Å². The maximum absolute atomic E-state index is 11.1. The van der Waals surface area contributed by atoms with Crippen LogP contribution in [0.4, 0.5) is 0 Å². The number of nitrogens with zero attached hydrogens (tertiary/aromatic N) is 2. The van der Waals surface area contributed by atoms with E-state index < -0.39 is 0 Å². The summed E-state index contributed by atoms with van der Waals surface area (Å²) in [6.07, 6.45) is 1.13. The van der Waals surface area contributed by atoms with Gasteiger partial charge in [0.05, 0.1) is 0 Å². The Morgan fingerprint density at radius 3 is 3.00 bits per heavy atom. The fourth-order valence-electron chi connectivity index (χ4n) is 0.644. The molecule has 0 spiro atoms. The predicted molar refractivity (Wildman–Crippen MR) is 41.5 cm³/mol. The number of carbonyl (C=O) groups is 1. The molecule has 1 heterocycles. The van der Waals surface area contributed by atoms with Crippen molar-refractivity contribution in [3.8, 4) is 0 Å². The van der Waals surface area contributed by atoms with E-state index in [2.05, 4.69) is 15.5 Å². The van der Waals surface area contributed by atoms with Gasteiger partial charge in [-0.15, -0.1) is 10.2 Å². The number of hydrogen-bond donors (Lipinski definition) is 1. The Bertz CT molecular complexity index is 243. The van der Waals surface area contributed by atoms with E-state index in [0.29, 0.717) is 12.5 Å². The summed E-state index contributed by atoms with van der Waals surface area (Å²) in [6.45, 7) is 4.63. The monoisotopic (exact) mass is 169 g/mol. The van der Waals surface area contributed by atoms with E-state index in [1.807, 2.05) is 13.8 Å². The summed E-state index contributed by atoms with van der Waals surface area (Å²) in [6, 6.07) is 0. The average molecular weight is 169 g/mol. The molecule has 0 fully saturated rings. The molecule has 0 aromatic carbocycles. The molecule has 5 heteroatoms. The van der Waals surface area contributed by atoms with Crippen LogP contribution in [0.1, 0.15) is 24.5 Å². The number of aromatic nitrogens is 2. The molecule has 1 N–H and O–H groups in total. The van der Waals surface area contributed by atoms with E-state index in [0.717, 1.165) is 6.39 Å². The van der Waals surface area contributed by atoms with E-state index in [9.17, 15) is 4.79 Å². The van der Waals surface area contributed by atoms with Gasteiger partial charge in [-0.1, -0.05) is 13.8 Å². The minimum atomic E-state index is -0.318. The van der Waals surface area contributed by atoms with E-state index in [4.69, 9.17) is 4.42 Å². The zero-order chi connectivity index (χ0) is 8.97. The van der Waals surface area contributed by atoms with Crippen LogP contribution in [0, 0.1) is 5.92 Å². The minimum Gasteiger partial charge on any atom is -0.420 e. The van der Waals surface area contributed by atoms with Gasteiger partial charge in [0.2, 0.25) is 6.39 Å². The molecule has 0 aliphatic rings. The lowest BCUT2D eigenvalue weighted by atomic mass is 10.2. The summed E-state index contributed by atoms with van der Waals surface area (Å²) in [5.41, 5.74) is 0. The number of rotatable bonds is 3. The molecule has 0 atom stereocenters. The van der Waals surface area contributed by atoms with Gasteiger partial charge >= 0.3 is 11.8 Å². The fourth-order valence-corrected chi connectivity index (χ4v) is 0.644. The van der Waals surface area contributed by atoms with Crippen molar-refractivity contribution in [3.63, 3.8) is 0 Å². The molecule has 1 rings (SSSR count). The molecule has 1 amide bonds. The Balaban J connectivity index is 2.40. The van der Waals surface area contributed by atoms with Gasteiger partial charge in [-0.25, -0.2) is 0 Å². The summed E-state index contributed by atoms with van der Waals surface area (Å²) in [4.78, 5) is 11.1. The SMILES string of the molecule is CC(C)CNC(=O)c1nnco1. The number of hydrogen-bond acceptors (Lipinski definition) is 4. The Kier molecular flexibility index (Phi) is 2.79. The van der Waals surface area contributed by atoms with Crippen LogP contribution in [-0.4, -0.2) is 22.6 Å². The molecule has 66 valence electrons. The van der Waals surface area contributed by atoms with Crippen molar-refractivity contribution in [1.29, 1.82) is 0 Å². The van der Waals surface area contributed by atoms with Crippen LogP contribution >= 0.6 is 0 Å². The smallest absolute Gasteiger partial charge is 0.308 e. The van der Waals surface area contributed by atoms with Crippen molar-refractivity contribution in [2.75, 3.05) is 6.54 Å². The first-order valence-electron chi connectivity index (χ1n) is 3.74. The second-order valence-corrected chi connectivity index (χ2v) is 2.85. The van der Waals surface area contributed by atoms with E-state index >= 15 is 0 Å². The Labute approximate surface area is 70.2 Å². The number of amides is 1. The molecule has 0 radical (unpaired) electrons. The lowest BCUT2D eigenvalue weighted by molar-refractivity contribution is 0.0914. The maximum atomic E-state index is 11.1. The van der Waals surface area contributed by atoms with Gasteiger partial charge in [0.1, 0.15) is 0 Å². The Morgan fingerprint density at radius 2 is 2.50 bits per heavy atom. The fraction of sp³-hybridized carbons (Fsp3) is 0.571. The van der Waals surface area contributed by atoms with Crippen LogP contribution in [0.3, 0.4) is 0 Å². The molecule has 0 saturated heterocycles. The van der Waals surface area contributed by atoms with E-state index in [-0.39, 0.29) is 11.8 Å². The molecule has 0 bridgehead atoms. The zero-order valence-corrected chi connectivity index (χ0v) is 7.07. The highest BCUT2D eigenvalue weighted by molar-refractivity contribution is 5.89. The van der Waals surface area contributed by atoms with Crippen LogP contribution in [0.15, 0.2) is 10.8 Å². The van der Waals surface area contributed by atoms with Crippen molar-refractivity contribution in [1.82, 2.24) is 15.5 Å². The standard InChI is InChI=1S/C7H11N3O2/c1-5(2)3-8-6(11)7-10-9-4-12-7/h4-5H,3H2,1-2H3,(H,8,11). The largest absolute Gasteiger partial charge is 0.420 e. The van der Waals surface area contributed by atoms with Gasteiger partial charge in [-0.05, 0) is 5.92 Å². The van der Waals surface area contributed by atoms with E-state index in [1.165, 1.54) is 0 Å². The lowest BCUT2D eigenvalue weighted by Gasteiger charge is -2.03.